The summed E-state index contributed by atoms with van der Waals surface area (Å²) in [6.45, 7) is 2.62. The summed E-state index contributed by atoms with van der Waals surface area (Å²) in [6, 6.07) is 7.52. The maximum Gasteiger partial charge on any atom is 0.282 e. The maximum atomic E-state index is 12.8. The van der Waals surface area contributed by atoms with Crippen molar-refractivity contribution in [1.29, 1.82) is 0 Å². The van der Waals surface area contributed by atoms with Gasteiger partial charge in [-0.25, -0.2) is 8.42 Å². The fourth-order valence-corrected chi connectivity index (χ4v) is 5.92. The van der Waals surface area contributed by atoms with Crippen LogP contribution in [-0.2, 0) is 20.2 Å². The van der Waals surface area contributed by atoms with Crippen LogP contribution in [0.1, 0.15) is 0 Å². The molecule has 2 aliphatic heterocycles. The highest BCUT2D eigenvalue weighted by molar-refractivity contribution is 7.88. The number of nitrogens with zero attached hydrogens (tertiary/aromatic N) is 4. The molecule has 0 spiro atoms. The molecule has 0 N–H and O–H groups in total. The summed E-state index contributed by atoms with van der Waals surface area (Å²) in [5.74, 6) is 0. The molecule has 2 saturated heterocycles. The molecular weight excluding hydrogens is 400 g/mol. The molecule has 2 heterocycles. The van der Waals surface area contributed by atoms with Gasteiger partial charge >= 0.3 is 0 Å². The molecule has 11 heteroatoms. The Labute approximate surface area is 160 Å². The Morgan fingerprint density at radius 1 is 0.769 bits per heavy atom. The minimum absolute atomic E-state index is 0.181. The fraction of sp³-hybridized carbons (Fsp3) is 0.600. The molecule has 146 valence electrons. The van der Waals surface area contributed by atoms with Gasteiger partial charge in [-0.15, -0.1) is 0 Å². The van der Waals surface area contributed by atoms with Gasteiger partial charge in [0.05, 0.1) is 17.0 Å². The van der Waals surface area contributed by atoms with E-state index in [1.807, 2.05) is 24.3 Å². The number of hydrogen-bond donors (Lipinski definition) is 0. The molecule has 0 aromatic heterocycles. The Kier molecular flexibility index (Phi) is 5.80. The number of anilines is 1. The molecule has 2 aliphatic rings. The van der Waals surface area contributed by atoms with Crippen LogP contribution >= 0.6 is 11.6 Å². The second-order valence-electron chi connectivity index (χ2n) is 6.41. The van der Waals surface area contributed by atoms with E-state index < -0.39 is 20.2 Å². The lowest BCUT2D eigenvalue weighted by Crippen LogP contribution is -2.57. The SMILES string of the molecule is CS(=O)(=O)N1CCN(S(=O)(=O)N2CCN(c3ccccc3Cl)CC2)CC1. The van der Waals surface area contributed by atoms with Gasteiger partial charge in [-0.05, 0) is 12.1 Å². The van der Waals surface area contributed by atoms with E-state index in [4.69, 9.17) is 11.6 Å². The van der Waals surface area contributed by atoms with Crippen molar-refractivity contribution in [2.24, 2.45) is 0 Å². The Morgan fingerprint density at radius 2 is 1.23 bits per heavy atom. The summed E-state index contributed by atoms with van der Waals surface area (Å²) in [5, 5.41) is 0.653. The molecule has 0 radical (unpaired) electrons. The van der Waals surface area contributed by atoms with Crippen LogP contribution in [0.2, 0.25) is 5.02 Å². The van der Waals surface area contributed by atoms with Gasteiger partial charge in [0.25, 0.3) is 10.2 Å². The number of halogens is 1. The number of para-hydroxylation sites is 1. The summed E-state index contributed by atoms with van der Waals surface area (Å²) in [5.41, 5.74) is 0.910. The van der Waals surface area contributed by atoms with Crippen LogP contribution < -0.4 is 4.90 Å². The van der Waals surface area contributed by atoms with Crippen molar-refractivity contribution in [3.05, 3.63) is 29.3 Å². The number of rotatable bonds is 4. The first-order chi connectivity index (χ1) is 12.2. The Morgan fingerprint density at radius 3 is 1.73 bits per heavy atom. The minimum Gasteiger partial charge on any atom is -0.368 e. The van der Waals surface area contributed by atoms with Crippen LogP contribution in [-0.4, -0.2) is 88.4 Å². The maximum absolute atomic E-state index is 12.8. The zero-order valence-electron chi connectivity index (χ0n) is 14.6. The molecule has 0 atom stereocenters. The molecule has 8 nitrogen and oxygen atoms in total. The van der Waals surface area contributed by atoms with Crippen LogP contribution in [0.5, 0.6) is 0 Å². The third-order valence-corrected chi connectivity index (χ3v) is 8.41. The van der Waals surface area contributed by atoms with Gasteiger partial charge in [-0.3, -0.25) is 0 Å². The monoisotopic (exact) mass is 422 g/mol. The highest BCUT2D eigenvalue weighted by Crippen LogP contribution is 2.27. The quantitative estimate of drug-likeness (QED) is 0.696. The average molecular weight is 423 g/mol. The molecule has 2 fully saturated rings. The van der Waals surface area contributed by atoms with Gasteiger partial charge in [-0.1, -0.05) is 23.7 Å². The Balaban J connectivity index is 1.61. The van der Waals surface area contributed by atoms with E-state index in [1.165, 1.54) is 12.9 Å². The summed E-state index contributed by atoms with van der Waals surface area (Å²) in [6.07, 6.45) is 1.14. The first-order valence-corrected chi connectivity index (χ1v) is 12.0. The van der Waals surface area contributed by atoms with E-state index in [0.717, 1.165) is 11.9 Å². The lowest BCUT2D eigenvalue weighted by molar-refractivity contribution is 0.252. The van der Waals surface area contributed by atoms with Gasteiger partial charge in [0.1, 0.15) is 0 Å². The van der Waals surface area contributed by atoms with Crippen LogP contribution in [0, 0.1) is 0 Å². The van der Waals surface area contributed by atoms with Crippen molar-refractivity contribution < 1.29 is 16.8 Å². The second kappa shape index (κ2) is 7.61. The van der Waals surface area contributed by atoms with Gasteiger partial charge in [0, 0.05) is 52.4 Å². The van der Waals surface area contributed by atoms with Gasteiger partial charge in [0.15, 0.2) is 0 Å². The highest BCUT2D eigenvalue weighted by Gasteiger charge is 2.35. The van der Waals surface area contributed by atoms with Crippen molar-refractivity contribution in [2.75, 3.05) is 63.5 Å². The van der Waals surface area contributed by atoms with Crippen molar-refractivity contribution in [1.82, 2.24) is 12.9 Å². The van der Waals surface area contributed by atoms with Crippen LogP contribution in [0.25, 0.3) is 0 Å². The lowest BCUT2D eigenvalue weighted by Gasteiger charge is -2.40. The number of piperazine rings is 2. The number of benzene rings is 1. The van der Waals surface area contributed by atoms with Gasteiger partial charge in [0.2, 0.25) is 10.0 Å². The predicted octanol–water partition coefficient (Wildman–Crippen LogP) is 0.284. The summed E-state index contributed by atoms with van der Waals surface area (Å²) in [7, 11) is -6.87. The smallest absolute Gasteiger partial charge is 0.282 e. The minimum atomic E-state index is -3.58. The van der Waals surface area contributed by atoms with Crippen molar-refractivity contribution in [2.45, 2.75) is 0 Å². The van der Waals surface area contributed by atoms with E-state index in [2.05, 4.69) is 4.90 Å². The van der Waals surface area contributed by atoms with Gasteiger partial charge < -0.3 is 4.90 Å². The zero-order chi connectivity index (χ0) is 18.9. The van der Waals surface area contributed by atoms with E-state index in [0.29, 0.717) is 31.2 Å². The summed E-state index contributed by atoms with van der Waals surface area (Å²) in [4.78, 5) is 2.08. The van der Waals surface area contributed by atoms with E-state index in [-0.39, 0.29) is 26.2 Å². The molecule has 0 amide bonds. The van der Waals surface area contributed by atoms with E-state index in [9.17, 15) is 16.8 Å². The summed E-state index contributed by atoms with van der Waals surface area (Å²) >= 11 is 6.22. The molecule has 26 heavy (non-hydrogen) atoms. The lowest BCUT2D eigenvalue weighted by atomic mass is 10.2. The highest BCUT2D eigenvalue weighted by atomic mass is 35.5. The van der Waals surface area contributed by atoms with E-state index >= 15 is 0 Å². The normalized spacial score (nSPS) is 21.8. The topological polar surface area (TPSA) is 81.2 Å². The fourth-order valence-electron chi connectivity index (χ4n) is 3.26. The first-order valence-electron chi connectivity index (χ1n) is 8.39. The van der Waals surface area contributed by atoms with Gasteiger partial charge in [-0.2, -0.15) is 21.3 Å². The standard InChI is InChI=1S/C15H23ClN4O4S2/c1-25(21,22)18-10-12-20(13-11-18)26(23,24)19-8-6-17(7-9-19)15-5-3-2-4-14(15)16/h2-5H,6-13H2,1H3. The molecule has 3 rings (SSSR count). The van der Waals surface area contributed by atoms with Crippen molar-refractivity contribution in [3.8, 4) is 0 Å². The summed E-state index contributed by atoms with van der Waals surface area (Å²) < 4.78 is 53.0. The predicted molar refractivity (Wildman–Crippen MR) is 102 cm³/mol. The zero-order valence-corrected chi connectivity index (χ0v) is 17.0. The number of sulfonamides is 1. The first kappa shape index (κ1) is 19.8. The number of hydrogen-bond acceptors (Lipinski definition) is 5. The Bertz CT molecular complexity index is 846. The Hall–Kier alpha value is -0.910. The van der Waals surface area contributed by atoms with Crippen molar-refractivity contribution >= 4 is 37.5 Å². The molecule has 0 unspecified atom stereocenters. The van der Waals surface area contributed by atoms with Crippen LogP contribution in [0.3, 0.4) is 0 Å². The molecule has 0 bridgehead atoms. The van der Waals surface area contributed by atoms with Crippen LogP contribution in [0.4, 0.5) is 5.69 Å². The van der Waals surface area contributed by atoms with E-state index in [1.54, 1.807) is 0 Å². The largest absolute Gasteiger partial charge is 0.368 e. The molecule has 0 aliphatic carbocycles. The molecule has 1 aromatic rings. The third kappa shape index (κ3) is 4.15. The average Bonchev–Trinajstić information content (AvgIpc) is 2.62. The third-order valence-electron chi connectivity index (χ3n) is 4.75. The molecular formula is C15H23ClN4O4S2. The molecule has 0 saturated carbocycles. The molecule has 1 aromatic carbocycles. The van der Waals surface area contributed by atoms with Crippen LogP contribution in [0.15, 0.2) is 24.3 Å². The van der Waals surface area contributed by atoms with Crippen molar-refractivity contribution in [3.63, 3.8) is 0 Å². The second-order valence-corrected chi connectivity index (χ2v) is 10.7.